The minimum atomic E-state index is -0.867. The molecule has 1 N–H and O–H groups in total. The first-order valence-electron chi connectivity index (χ1n) is 15.2. The molecular weight excluding hydrogens is 587 g/mol. The van der Waals surface area contributed by atoms with Crippen molar-refractivity contribution in [3.63, 3.8) is 0 Å². The van der Waals surface area contributed by atoms with Crippen LogP contribution >= 0.6 is 11.6 Å². The molecule has 3 aliphatic rings. The first-order valence-corrected chi connectivity index (χ1v) is 15.6. The van der Waals surface area contributed by atoms with Crippen LogP contribution in [0.4, 0.5) is 4.39 Å². The van der Waals surface area contributed by atoms with Crippen LogP contribution in [-0.4, -0.2) is 72.0 Å². The molecule has 1 spiro atoms. The molecule has 0 aromatic heterocycles. The van der Waals surface area contributed by atoms with Gasteiger partial charge in [-0.05, 0) is 61.7 Å². The standard InChI is InChI=1S/C34H38ClFN2O6/c1-22(39)33(38-15-11-34(12-16-38)20-24-17-25(36)7-10-29(24)44-34)43-30-19-31(42-21-23-5-8-26(41-2)9-6-23)28(35)18-27(30)32(40)37-13-3-4-14-37/h5-10,17-19,22,33,39H,3-4,11-16,20-21H2,1-2H3/t22-,33?/m0/s1. The van der Waals surface area contributed by atoms with Crippen LogP contribution in [0.1, 0.15) is 54.1 Å². The fourth-order valence-electron chi connectivity index (χ4n) is 6.36. The third-order valence-corrected chi connectivity index (χ3v) is 9.10. The molecule has 0 bridgehead atoms. The van der Waals surface area contributed by atoms with Crippen molar-refractivity contribution in [3.05, 3.63) is 82.1 Å². The Morgan fingerprint density at radius 1 is 1.05 bits per heavy atom. The third kappa shape index (κ3) is 6.46. The number of likely N-dealkylation sites (tertiary alicyclic amines) is 2. The molecule has 3 aliphatic heterocycles. The molecule has 3 aromatic rings. The summed E-state index contributed by atoms with van der Waals surface area (Å²) in [5.74, 6) is 1.74. The van der Waals surface area contributed by atoms with Gasteiger partial charge in [0.2, 0.25) is 0 Å². The summed E-state index contributed by atoms with van der Waals surface area (Å²) in [5, 5.41) is 11.2. The van der Waals surface area contributed by atoms with Crippen molar-refractivity contribution in [1.29, 1.82) is 0 Å². The molecule has 3 aromatic carbocycles. The lowest BCUT2D eigenvalue weighted by Gasteiger charge is -2.42. The maximum atomic E-state index is 13.8. The normalized spacial score (nSPS) is 18.9. The van der Waals surface area contributed by atoms with E-state index in [1.54, 1.807) is 43.2 Å². The van der Waals surface area contributed by atoms with Gasteiger partial charge in [-0.25, -0.2) is 4.39 Å². The molecular formula is C34H38ClFN2O6. The second-order valence-corrected chi connectivity index (χ2v) is 12.3. The molecule has 0 aliphatic carbocycles. The molecule has 6 rings (SSSR count). The highest BCUT2D eigenvalue weighted by atomic mass is 35.5. The van der Waals surface area contributed by atoms with Crippen molar-refractivity contribution in [2.45, 2.75) is 63.6 Å². The van der Waals surface area contributed by atoms with Gasteiger partial charge >= 0.3 is 0 Å². The molecule has 10 heteroatoms. The summed E-state index contributed by atoms with van der Waals surface area (Å²) in [6.07, 6.45) is 2.32. The molecule has 1 amide bonds. The third-order valence-electron chi connectivity index (χ3n) is 8.80. The summed E-state index contributed by atoms with van der Waals surface area (Å²) in [6.45, 7) is 4.46. The van der Waals surface area contributed by atoms with Crippen LogP contribution in [-0.2, 0) is 13.0 Å². The number of hydrogen-bond donors (Lipinski definition) is 1. The minimum Gasteiger partial charge on any atom is -0.497 e. The van der Waals surface area contributed by atoms with Gasteiger partial charge in [0.05, 0.1) is 17.7 Å². The zero-order chi connectivity index (χ0) is 30.8. The van der Waals surface area contributed by atoms with E-state index in [1.807, 2.05) is 24.3 Å². The topological polar surface area (TPSA) is 80.7 Å². The Morgan fingerprint density at radius 2 is 1.77 bits per heavy atom. The summed E-state index contributed by atoms with van der Waals surface area (Å²) in [4.78, 5) is 17.5. The van der Waals surface area contributed by atoms with Crippen molar-refractivity contribution in [3.8, 4) is 23.0 Å². The number of carbonyl (C=O) groups excluding carboxylic acids is 1. The van der Waals surface area contributed by atoms with E-state index in [1.165, 1.54) is 6.07 Å². The first-order chi connectivity index (χ1) is 21.2. The zero-order valence-corrected chi connectivity index (χ0v) is 25.8. The van der Waals surface area contributed by atoms with Crippen LogP contribution in [0, 0.1) is 5.82 Å². The van der Waals surface area contributed by atoms with Crippen LogP contribution in [0.2, 0.25) is 5.02 Å². The maximum absolute atomic E-state index is 13.8. The Hall–Kier alpha value is -3.53. The number of aliphatic hydroxyl groups excluding tert-OH is 1. The van der Waals surface area contributed by atoms with Crippen LogP contribution in [0.5, 0.6) is 23.0 Å². The number of nitrogens with zero attached hydrogens (tertiary/aromatic N) is 2. The number of halogens is 2. The number of aliphatic hydroxyl groups is 1. The van der Waals surface area contributed by atoms with Gasteiger partial charge < -0.3 is 29.0 Å². The highest BCUT2D eigenvalue weighted by Gasteiger charge is 2.44. The molecule has 0 radical (unpaired) electrons. The van der Waals surface area contributed by atoms with Gasteiger partial charge in [0.1, 0.15) is 47.1 Å². The monoisotopic (exact) mass is 624 g/mol. The van der Waals surface area contributed by atoms with E-state index in [-0.39, 0.29) is 18.3 Å². The number of benzene rings is 3. The van der Waals surface area contributed by atoms with Crippen LogP contribution in [0.25, 0.3) is 0 Å². The van der Waals surface area contributed by atoms with Gasteiger partial charge in [-0.2, -0.15) is 0 Å². The van der Waals surface area contributed by atoms with E-state index in [0.29, 0.717) is 67.5 Å². The van der Waals surface area contributed by atoms with Crippen molar-refractivity contribution in [2.75, 3.05) is 33.3 Å². The van der Waals surface area contributed by atoms with Crippen molar-refractivity contribution < 1.29 is 33.2 Å². The van der Waals surface area contributed by atoms with Crippen LogP contribution in [0.3, 0.4) is 0 Å². The number of hydrogen-bond acceptors (Lipinski definition) is 7. The number of amides is 1. The average molecular weight is 625 g/mol. The van der Waals surface area contributed by atoms with Crippen LogP contribution in [0.15, 0.2) is 54.6 Å². The lowest BCUT2D eigenvalue weighted by Crippen LogP contribution is -2.55. The van der Waals surface area contributed by atoms with Crippen molar-refractivity contribution in [1.82, 2.24) is 9.80 Å². The predicted octanol–water partition coefficient (Wildman–Crippen LogP) is 5.86. The van der Waals surface area contributed by atoms with E-state index in [9.17, 15) is 14.3 Å². The number of rotatable bonds is 9. The summed E-state index contributed by atoms with van der Waals surface area (Å²) in [6, 6.07) is 15.5. The fraction of sp³-hybridized carbons (Fsp3) is 0.441. The number of carbonyl (C=O) groups is 1. The number of fused-ring (bicyclic) bond motifs is 1. The molecule has 1 unspecified atom stereocenters. The molecule has 2 atom stereocenters. The Labute approximate surface area is 262 Å². The van der Waals surface area contributed by atoms with Gasteiger partial charge in [0.15, 0.2) is 6.23 Å². The minimum absolute atomic E-state index is 0.160. The summed E-state index contributed by atoms with van der Waals surface area (Å²) < 4.78 is 38.0. The quantitative estimate of drug-likeness (QED) is 0.320. The smallest absolute Gasteiger partial charge is 0.257 e. The molecule has 44 heavy (non-hydrogen) atoms. The Bertz CT molecular complexity index is 1490. The Kier molecular flexibility index (Phi) is 8.89. The highest BCUT2D eigenvalue weighted by Crippen LogP contribution is 2.42. The van der Waals surface area contributed by atoms with Gasteiger partial charge in [0, 0.05) is 57.1 Å². The van der Waals surface area contributed by atoms with E-state index in [2.05, 4.69) is 4.90 Å². The van der Waals surface area contributed by atoms with Crippen molar-refractivity contribution >= 4 is 17.5 Å². The zero-order valence-electron chi connectivity index (χ0n) is 25.1. The maximum Gasteiger partial charge on any atom is 0.257 e. The van der Waals surface area contributed by atoms with Crippen molar-refractivity contribution in [2.24, 2.45) is 0 Å². The Morgan fingerprint density at radius 3 is 2.45 bits per heavy atom. The molecule has 2 saturated heterocycles. The first kappa shape index (κ1) is 30.5. The molecule has 3 heterocycles. The van der Waals surface area contributed by atoms with Gasteiger partial charge in [-0.3, -0.25) is 9.69 Å². The predicted molar refractivity (Wildman–Crippen MR) is 164 cm³/mol. The van der Waals surface area contributed by atoms with Crippen LogP contribution < -0.4 is 18.9 Å². The fourth-order valence-corrected chi connectivity index (χ4v) is 6.58. The Balaban J connectivity index is 1.21. The van der Waals surface area contributed by atoms with E-state index in [4.69, 9.17) is 30.5 Å². The van der Waals surface area contributed by atoms with Gasteiger partial charge in [-0.15, -0.1) is 0 Å². The molecule has 2 fully saturated rings. The van der Waals surface area contributed by atoms with E-state index < -0.39 is 17.9 Å². The summed E-state index contributed by atoms with van der Waals surface area (Å²) >= 11 is 6.66. The van der Waals surface area contributed by atoms with E-state index >= 15 is 0 Å². The average Bonchev–Trinajstić information content (AvgIpc) is 3.68. The largest absolute Gasteiger partial charge is 0.497 e. The summed E-state index contributed by atoms with van der Waals surface area (Å²) in [7, 11) is 1.62. The van der Waals surface area contributed by atoms with Gasteiger partial charge in [0.25, 0.3) is 5.91 Å². The number of piperidine rings is 1. The van der Waals surface area contributed by atoms with E-state index in [0.717, 1.165) is 35.5 Å². The SMILES string of the molecule is COc1ccc(COc2cc(OC([C@H](C)O)N3CCC4(CC3)Cc3cc(F)ccc3O4)c(C(=O)N3CCCC3)cc2Cl)cc1. The lowest BCUT2D eigenvalue weighted by molar-refractivity contribution is -0.0907. The molecule has 0 saturated carbocycles. The second kappa shape index (κ2) is 12.8. The number of methoxy groups -OCH3 is 1. The highest BCUT2D eigenvalue weighted by molar-refractivity contribution is 6.32. The number of ether oxygens (including phenoxy) is 4. The molecule has 8 nitrogen and oxygen atoms in total. The summed E-state index contributed by atoms with van der Waals surface area (Å²) in [5.41, 5.74) is 1.74. The van der Waals surface area contributed by atoms with Gasteiger partial charge in [-0.1, -0.05) is 23.7 Å². The lowest BCUT2D eigenvalue weighted by atomic mass is 9.87. The second-order valence-electron chi connectivity index (χ2n) is 11.9. The molecule has 234 valence electrons.